The lowest BCUT2D eigenvalue weighted by molar-refractivity contribution is -0.131. The number of amides is 1. The Kier molecular flexibility index (Phi) is 4.62. The maximum absolute atomic E-state index is 13.9. The minimum absolute atomic E-state index is 0.0663. The number of carbonyl (C=O) groups excluding carboxylic acids is 1. The lowest BCUT2D eigenvalue weighted by Crippen LogP contribution is -2.34. The Balaban J connectivity index is 1.76. The third kappa shape index (κ3) is 3.88. The van der Waals surface area contributed by atoms with Gasteiger partial charge in [-0.15, -0.1) is 0 Å². The van der Waals surface area contributed by atoms with Crippen molar-refractivity contribution in [1.82, 2.24) is 4.90 Å². The van der Waals surface area contributed by atoms with Crippen molar-refractivity contribution in [2.75, 3.05) is 0 Å². The summed E-state index contributed by atoms with van der Waals surface area (Å²) in [6.45, 7) is 0.399. The Labute approximate surface area is 138 Å². The van der Waals surface area contributed by atoms with Crippen molar-refractivity contribution in [1.29, 1.82) is 0 Å². The Morgan fingerprint density at radius 2 is 1.83 bits per heavy atom. The van der Waals surface area contributed by atoms with E-state index in [-0.39, 0.29) is 34.8 Å². The standard InChI is InChI=1S/C18H16ClF2NO/c19-16-2-1-3-17(21)15(16)10-18(23)22(14-8-9-14)11-12-4-6-13(20)7-5-12/h1-7,14H,8-11H2. The van der Waals surface area contributed by atoms with Crippen LogP contribution in [0.2, 0.25) is 5.02 Å². The molecule has 0 heterocycles. The Morgan fingerprint density at radius 1 is 1.13 bits per heavy atom. The van der Waals surface area contributed by atoms with Crippen LogP contribution in [0.1, 0.15) is 24.0 Å². The van der Waals surface area contributed by atoms with Gasteiger partial charge < -0.3 is 4.90 Å². The highest BCUT2D eigenvalue weighted by molar-refractivity contribution is 6.31. The van der Waals surface area contributed by atoms with Gasteiger partial charge in [0.15, 0.2) is 0 Å². The van der Waals surface area contributed by atoms with Gasteiger partial charge in [0.2, 0.25) is 5.91 Å². The van der Waals surface area contributed by atoms with Gasteiger partial charge >= 0.3 is 0 Å². The van der Waals surface area contributed by atoms with E-state index >= 15 is 0 Å². The molecule has 1 aliphatic carbocycles. The van der Waals surface area contributed by atoms with Gasteiger partial charge in [0.25, 0.3) is 0 Å². The van der Waals surface area contributed by atoms with Crippen LogP contribution in [0.15, 0.2) is 42.5 Å². The van der Waals surface area contributed by atoms with E-state index in [4.69, 9.17) is 11.6 Å². The molecular formula is C18H16ClF2NO. The summed E-state index contributed by atoms with van der Waals surface area (Å²) in [5.41, 5.74) is 1.08. The van der Waals surface area contributed by atoms with Gasteiger partial charge in [-0.3, -0.25) is 4.79 Å². The minimum Gasteiger partial charge on any atom is -0.335 e. The fraction of sp³-hybridized carbons (Fsp3) is 0.278. The van der Waals surface area contributed by atoms with Crippen LogP contribution in [0, 0.1) is 11.6 Å². The molecule has 0 unspecified atom stereocenters. The number of carbonyl (C=O) groups is 1. The van der Waals surface area contributed by atoms with Gasteiger partial charge in [-0.1, -0.05) is 29.8 Å². The zero-order valence-electron chi connectivity index (χ0n) is 12.4. The summed E-state index contributed by atoms with van der Waals surface area (Å²) in [6.07, 6.45) is 1.82. The number of nitrogens with zero attached hydrogens (tertiary/aromatic N) is 1. The van der Waals surface area contributed by atoms with Crippen molar-refractivity contribution in [3.63, 3.8) is 0 Å². The lowest BCUT2D eigenvalue weighted by Gasteiger charge is -2.23. The molecule has 0 aromatic heterocycles. The normalized spacial score (nSPS) is 13.9. The van der Waals surface area contributed by atoms with Crippen molar-refractivity contribution in [2.45, 2.75) is 31.8 Å². The van der Waals surface area contributed by atoms with Crippen LogP contribution in [0.5, 0.6) is 0 Å². The lowest BCUT2D eigenvalue weighted by atomic mass is 10.1. The molecule has 1 amide bonds. The monoisotopic (exact) mass is 335 g/mol. The van der Waals surface area contributed by atoms with E-state index < -0.39 is 5.82 Å². The molecule has 2 aromatic carbocycles. The molecule has 0 radical (unpaired) electrons. The average Bonchev–Trinajstić information content (AvgIpc) is 3.35. The first-order valence-corrected chi connectivity index (χ1v) is 7.89. The highest BCUT2D eigenvalue weighted by Gasteiger charge is 2.33. The summed E-state index contributed by atoms with van der Waals surface area (Å²) in [6, 6.07) is 10.6. The van der Waals surface area contributed by atoms with Crippen LogP contribution < -0.4 is 0 Å². The Bertz CT molecular complexity index is 693. The SMILES string of the molecule is O=C(Cc1c(F)cccc1Cl)N(Cc1ccc(F)cc1)C1CC1. The van der Waals surface area contributed by atoms with E-state index in [1.807, 2.05) is 0 Å². The van der Waals surface area contributed by atoms with Crippen LogP contribution in [0.25, 0.3) is 0 Å². The summed E-state index contributed by atoms with van der Waals surface area (Å²) in [5, 5.41) is 0.260. The zero-order chi connectivity index (χ0) is 16.4. The Hall–Kier alpha value is -1.94. The molecule has 23 heavy (non-hydrogen) atoms. The minimum atomic E-state index is -0.469. The molecule has 0 bridgehead atoms. The summed E-state index contributed by atoms with van der Waals surface area (Å²) < 4.78 is 26.9. The van der Waals surface area contributed by atoms with Gasteiger partial charge in [-0.05, 0) is 42.7 Å². The summed E-state index contributed by atoms with van der Waals surface area (Å²) in [7, 11) is 0. The molecule has 1 aliphatic rings. The van der Waals surface area contributed by atoms with Gasteiger partial charge in [-0.25, -0.2) is 8.78 Å². The molecule has 0 N–H and O–H groups in total. The van der Waals surface area contributed by atoms with Gasteiger partial charge in [0.1, 0.15) is 11.6 Å². The van der Waals surface area contributed by atoms with Crippen LogP contribution in [-0.2, 0) is 17.8 Å². The van der Waals surface area contributed by atoms with Gasteiger partial charge in [0.05, 0.1) is 6.42 Å². The predicted molar refractivity (Wildman–Crippen MR) is 85.1 cm³/mol. The molecule has 5 heteroatoms. The van der Waals surface area contributed by atoms with Crippen molar-refractivity contribution in [3.8, 4) is 0 Å². The fourth-order valence-corrected chi connectivity index (χ4v) is 2.78. The third-order valence-corrected chi connectivity index (χ3v) is 4.32. The van der Waals surface area contributed by atoms with Crippen LogP contribution in [0.4, 0.5) is 8.78 Å². The topological polar surface area (TPSA) is 20.3 Å². The van der Waals surface area contributed by atoms with Gasteiger partial charge in [0, 0.05) is 23.2 Å². The predicted octanol–water partition coefficient (Wildman–Crippen LogP) is 4.35. The first-order chi connectivity index (χ1) is 11.0. The number of benzene rings is 2. The van der Waals surface area contributed by atoms with Crippen molar-refractivity contribution >= 4 is 17.5 Å². The second-order valence-corrected chi connectivity index (χ2v) is 6.16. The molecule has 2 aromatic rings. The van der Waals surface area contributed by atoms with Gasteiger partial charge in [-0.2, -0.15) is 0 Å². The number of rotatable bonds is 5. The van der Waals surface area contributed by atoms with E-state index in [0.29, 0.717) is 6.54 Å². The highest BCUT2D eigenvalue weighted by Crippen LogP contribution is 2.30. The van der Waals surface area contributed by atoms with Crippen molar-refractivity contribution < 1.29 is 13.6 Å². The van der Waals surface area contributed by atoms with Crippen LogP contribution >= 0.6 is 11.6 Å². The molecular weight excluding hydrogens is 320 g/mol. The molecule has 0 spiro atoms. The average molecular weight is 336 g/mol. The van der Waals surface area contributed by atoms with E-state index in [1.54, 1.807) is 23.1 Å². The summed E-state index contributed by atoms with van der Waals surface area (Å²) in [4.78, 5) is 14.3. The summed E-state index contributed by atoms with van der Waals surface area (Å²) >= 11 is 6.00. The maximum Gasteiger partial charge on any atom is 0.227 e. The molecule has 3 rings (SSSR count). The molecule has 2 nitrogen and oxygen atoms in total. The fourth-order valence-electron chi connectivity index (χ4n) is 2.55. The number of hydrogen-bond acceptors (Lipinski definition) is 1. The molecule has 120 valence electrons. The summed E-state index contributed by atoms with van der Waals surface area (Å²) in [5.74, 6) is -0.941. The van der Waals surface area contributed by atoms with Crippen molar-refractivity contribution in [3.05, 3.63) is 70.2 Å². The molecule has 0 atom stereocenters. The van der Waals surface area contributed by atoms with Crippen LogP contribution in [0.3, 0.4) is 0 Å². The Morgan fingerprint density at radius 3 is 2.43 bits per heavy atom. The maximum atomic E-state index is 13.9. The second-order valence-electron chi connectivity index (χ2n) is 5.76. The van der Waals surface area contributed by atoms with E-state index in [1.165, 1.54) is 24.3 Å². The molecule has 0 aliphatic heterocycles. The number of hydrogen-bond donors (Lipinski definition) is 0. The molecule has 0 saturated heterocycles. The van der Waals surface area contributed by atoms with E-state index in [2.05, 4.69) is 0 Å². The molecule has 1 saturated carbocycles. The quantitative estimate of drug-likeness (QED) is 0.795. The zero-order valence-corrected chi connectivity index (χ0v) is 13.2. The smallest absolute Gasteiger partial charge is 0.227 e. The first-order valence-electron chi connectivity index (χ1n) is 7.51. The second kappa shape index (κ2) is 6.67. The number of halogens is 3. The van der Waals surface area contributed by atoms with Crippen molar-refractivity contribution in [2.24, 2.45) is 0 Å². The van der Waals surface area contributed by atoms with E-state index in [9.17, 15) is 13.6 Å². The molecule has 1 fully saturated rings. The van der Waals surface area contributed by atoms with E-state index in [0.717, 1.165) is 18.4 Å². The third-order valence-electron chi connectivity index (χ3n) is 3.96. The first kappa shape index (κ1) is 15.9. The largest absolute Gasteiger partial charge is 0.335 e. The van der Waals surface area contributed by atoms with Crippen LogP contribution in [-0.4, -0.2) is 16.8 Å². The highest BCUT2D eigenvalue weighted by atomic mass is 35.5.